The molecule has 0 saturated carbocycles. The largest absolute Gasteiger partial charge is 0.419 e. The van der Waals surface area contributed by atoms with Gasteiger partial charge in [0.05, 0.1) is 16.6 Å². The zero-order valence-electron chi connectivity index (χ0n) is 16.6. The van der Waals surface area contributed by atoms with Crippen molar-refractivity contribution in [3.8, 4) is 11.5 Å². The summed E-state index contributed by atoms with van der Waals surface area (Å²) in [5.74, 6) is 1.00. The molecular weight excluding hydrogens is 360 g/mol. The minimum Gasteiger partial charge on any atom is -0.419 e. The second-order valence-electron chi connectivity index (χ2n) is 8.13. The minimum absolute atomic E-state index is 0.460. The van der Waals surface area contributed by atoms with Crippen LogP contribution in [0.3, 0.4) is 0 Å². The van der Waals surface area contributed by atoms with Crippen molar-refractivity contribution in [1.29, 1.82) is 0 Å². The van der Waals surface area contributed by atoms with Gasteiger partial charge in [0.25, 0.3) is 0 Å². The van der Waals surface area contributed by atoms with E-state index in [-0.39, 0.29) is 0 Å². The van der Waals surface area contributed by atoms with E-state index in [1.165, 1.54) is 12.0 Å². The lowest BCUT2D eigenvalue weighted by atomic mass is 9.90. The fraction of sp³-hybridized carbons (Fsp3) is 0.292. The van der Waals surface area contributed by atoms with Gasteiger partial charge >= 0.3 is 0 Å². The maximum Gasteiger partial charge on any atom is 0.248 e. The van der Waals surface area contributed by atoms with E-state index in [9.17, 15) is 0 Å². The first kappa shape index (κ1) is 18.0. The van der Waals surface area contributed by atoms with Crippen LogP contribution in [0.15, 0.2) is 59.0 Å². The molecule has 2 heterocycles. The number of aromatic nitrogens is 3. The fourth-order valence-corrected chi connectivity index (χ4v) is 4.27. The molecule has 0 fully saturated rings. The third kappa shape index (κ3) is 3.32. The van der Waals surface area contributed by atoms with Crippen molar-refractivity contribution < 1.29 is 4.42 Å². The third-order valence-corrected chi connectivity index (χ3v) is 5.71. The van der Waals surface area contributed by atoms with Crippen LogP contribution >= 0.6 is 0 Å². The Hall–Kier alpha value is -3.05. The second kappa shape index (κ2) is 7.08. The number of rotatable bonds is 4. The van der Waals surface area contributed by atoms with Crippen molar-refractivity contribution in [2.24, 2.45) is 5.73 Å². The molecule has 2 aromatic carbocycles. The fourth-order valence-electron chi connectivity index (χ4n) is 4.27. The van der Waals surface area contributed by atoms with Crippen LogP contribution in [0.4, 0.5) is 0 Å². The van der Waals surface area contributed by atoms with E-state index < -0.39 is 5.54 Å². The first-order valence-corrected chi connectivity index (χ1v) is 10.2. The molecule has 0 aliphatic heterocycles. The Morgan fingerprint density at radius 1 is 0.966 bits per heavy atom. The first-order valence-electron chi connectivity index (χ1n) is 10.2. The van der Waals surface area contributed by atoms with Gasteiger partial charge in [0, 0.05) is 11.1 Å². The van der Waals surface area contributed by atoms with Crippen LogP contribution in [-0.4, -0.2) is 15.2 Å². The van der Waals surface area contributed by atoms with Gasteiger partial charge in [0.1, 0.15) is 0 Å². The van der Waals surface area contributed by atoms with Crippen molar-refractivity contribution in [3.63, 3.8) is 0 Å². The summed E-state index contributed by atoms with van der Waals surface area (Å²) in [7, 11) is 0. The molecular formula is C24H24N4O. The molecule has 146 valence electrons. The number of para-hydroxylation sites is 1. The molecule has 1 atom stereocenters. The lowest BCUT2D eigenvalue weighted by Crippen LogP contribution is -2.35. The molecule has 5 rings (SSSR count). The Bertz CT molecular complexity index is 1160. The summed E-state index contributed by atoms with van der Waals surface area (Å²) in [5.41, 5.74) is 11.4. The first-order chi connectivity index (χ1) is 14.1. The van der Waals surface area contributed by atoms with Gasteiger partial charge in [-0.25, -0.2) is 0 Å². The zero-order valence-corrected chi connectivity index (χ0v) is 16.6. The van der Waals surface area contributed by atoms with Crippen LogP contribution in [0.1, 0.15) is 42.5 Å². The van der Waals surface area contributed by atoms with E-state index >= 15 is 0 Å². The van der Waals surface area contributed by atoms with Gasteiger partial charge in [-0.3, -0.25) is 4.98 Å². The van der Waals surface area contributed by atoms with Gasteiger partial charge in [0.2, 0.25) is 11.8 Å². The number of aryl methyl sites for hydroxylation is 1. The molecule has 0 amide bonds. The number of nitrogens with two attached hydrogens (primary N) is 1. The Balaban J connectivity index is 1.59. The van der Waals surface area contributed by atoms with Crippen molar-refractivity contribution in [2.75, 3.05) is 0 Å². The maximum absolute atomic E-state index is 6.60. The third-order valence-electron chi connectivity index (χ3n) is 5.71. The number of hydrogen-bond acceptors (Lipinski definition) is 5. The van der Waals surface area contributed by atoms with Crippen molar-refractivity contribution >= 4 is 10.9 Å². The van der Waals surface area contributed by atoms with Gasteiger partial charge in [-0.05, 0) is 56.2 Å². The SMILES string of the molecule is C[C@@](N)(Cc1ccccc1)c1nnc(-c2c3c(nc4ccccc24)CCCC3)o1. The Morgan fingerprint density at radius 3 is 2.59 bits per heavy atom. The van der Waals surface area contributed by atoms with Crippen molar-refractivity contribution in [1.82, 2.24) is 15.2 Å². The molecule has 5 heteroatoms. The molecule has 2 aromatic heterocycles. The van der Waals surface area contributed by atoms with E-state index in [4.69, 9.17) is 15.1 Å². The van der Waals surface area contributed by atoms with Gasteiger partial charge in [-0.15, -0.1) is 10.2 Å². The van der Waals surface area contributed by atoms with E-state index in [0.29, 0.717) is 18.2 Å². The summed E-state index contributed by atoms with van der Waals surface area (Å²) in [5, 5.41) is 9.84. The predicted molar refractivity (Wildman–Crippen MR) is 113 cm³/mol. The highest BCUT2D eigenvalue weighted by atomic mass is 16.4. The summed E-state index contributed by atoms with van der Waals surface area (Å²) in [6, 6.07) is 18.3. The Labute approximate surface area is 170 Å². The molecule has 0 unspecified atom stereocenters. The molecule has 1 aliphatic carbocycles. The monoisotopic (exact) mass is 384 g/mol. The van der Waals surface area contributed by atoms with E-state index in [1.807, 2.05) is 43.3 Å². The summed E-state index contributed by atoms with van der Waals surface area (Å²) in [6.45, 7) is 1.94. The van der Waals surface area contributed by atoms with Crippen LogP contribution in [0.25, 0.3) is 22.4 Å². The Kier molecular flexibility index (Phi) is 4.40. The quantitative estimate of drug-likeness (QED) is 0.557. The molecule has 2 N–H and O–H groups in total. The standard InChI is InChI=1S/C24H24N4O/c1-24(25,15-16-9-3-2-4-10-16)23-28-27-22(29-23)21-17-11-5-7-13-19(17)26-20-14-8-6-12-18(20)21/h2-5,7,9-11,13H,6,8,12,14-15,25H2,1H3/t24-/m1/s1. The van der Waals surface area contributed by atoms with E-state index in [2.05, 4.69) is 28.4 Å². The highest BCUT2D eigenvalue weighted by Gasteiger charge is 2.30. The summed E-state index contributed by atoms with van der Waals surface area (Å²) in [6.07, 6.45) is 4.94. The number of fused-ring (bicyclic) bond motifs is 2. The van der Waals surface area contributed by atoms with Crippen LogP contribution in [0, 0.1) is 0 Å². The van der Waals surface area contributed by atoms with Crippen molar-refractivity contribution in [3.05, 3.63) is 77.3 Å². The summed E-state index contributed by atoms with van der Waals surface area (Å²) >= 11 is 0. The van der Waals surface area contributed by atoms with Crippen LogP contribution in [-0.2, 0) is 24.8 Å². The maximum atomic E-state index is 6.60. The average Bonchev–Trinajstić information content (AvgIpc) is 3.23. The molecule has 1 aliphatic rings. The Morgan fingerprint density at radius 2 is 1.72 bits per heavy atom. The average molecular weight is 384 g/mol. The minimum atomic E-state index is -0.741. The highest BCUT2D eigenvalue weighted by Crippen LogP contribution is 2.36. The molecule has 0 radical (unpaired) electrons. The smallest absolute Gasteiger partial charge is 0.248 e. The van der Waals surface area contributed by atoms with Gasteiger partial charge in [-0.2, -0.15) is 0 Å². The predicted octanol–water partition coefficient (Wildman–Crippen LogP) is 4.58. The molecule has 5 nitrogen and oxygen atoms in total. The topological polar surface area (TPSA) is 77.8 Å². The van der Waals surface area contributed by atoms with E-state index in [1.54, 1.807) is 0 Å². The normalized spacial score (nSPS) is 15.8. The number of hydrogen-bond donors (Lipinski definition) is 1. The summed E-state index contributed by atoms with van der Waals surface area (Å²) < 4.78 is 6.21. The molecule has 4 aromatic rings. The highest BCUT2D eigenvalue weighted by molar-refractivity contribution is 5.94. The van der Waals surface area contributed by atoms with Gasteiger partial charge in [0.15, 0.2) is 0 Å². The van der Waals surface area contributed by atoms with Gasteiger partial charge < -0.3 is 10.2 Å². The number of benzene rings is 2. The van der Waals surface area contributed by atoms with Crippen LogP contribution in [0.5, 0.6) is 0 Å². The number of pyridine rings is 1. The molecule has 0 saturated heterocycles. The van der Waals surface area contributed by atoms with Crippen LogP contribution < -0.4 is 5.73 Å². The summed E-state index contributed by atoms with van der Waals surface area (Å²) in [4.78, 5) is 4.90. The molecule has 0 spiro atoms. The lowest BCUT2D eigenvalue weighted by molar-refractivity contribution is 0.355. The number of nitrogens with zero attached hydrogens (tertiary/aromatic N) is 3. The van der Waals surface area contributed by atoms with Crippen LogP contribution in [0.2, 0.25) is 0 Å². The second-order valence-corrected chi connectivity index (χ2v) is 8.13. The molecule has 29 heavy (non-hydrogen) atoms. The zero-order chi connectivity index (χ0) is 19.8. The lowest BCUT2D eigenvalue weighted by Gasteiger charge is -2.21. The van der Waals surface area contributed by atoms with E-state index in [0.717, 1.165) is 47.0 Å². The van der Waals surface area contributed by atoms with Gasteiger partial charge in [-0.1, -0.05) is 48.5 Å². The van der Waals surface area contributed by atoms with Crippen molar-refractivity contribution in [2.45, 2.75) is 44.6 Å². The molecule has 0 bridgehead atoms.